The lowest BCUT2D eigenvalue weighted by Crippen LogP contribution is -2.52. The van der Waals surface area contributed by atoms with Gasteiger partial charge in [0.25, 0.3) is 5.91 Å². The molecule has 0 radical (unpaired) electrons. The van der Waals surface area contributed by atoms with Gasteiger partial charge in [-0.2, -0.15) is 0 Å². The van der Waals surface area contributed by atoms with Crippen molar-refractivity contribution < 1.29 is 28.7 Å². The third-order valence-electron chi connectivity index (χ3n) is 7.58. The van der Waals surface area contributed by atoms with Crippen LogP contribution in [0.5, 0.6) is 5.75 Å². The van der Waals surface area contributed by atoms with E-state index in [1.807, 2.05) is 19.1 Å². The summed E-state index contributed by atoms with van der Waals surface area (Å²) in [5.74, 6) is -0.529. The fourth-order valence-electron chi connectivity index (χ4n) is 5.22. The maximum atomic E-state index is 13.1. The van der Waals surface area contributed by atoms with Gasteiger partial charge in [0.15, 0.2) is 0 Å². The summed E-state index contributed by atoms with van der Waals surface area (Å²) in [5.41, 5.74) is 3.59. The fourth-order valence-corrected chi connectivity index (χ4v) is 5.43. The number of amides is 4. The molecule has 40 heavy (non-hydrogen) atoms. The first-order valence-electron chi connectivity index (χ1n) is 13.6. The number of morpholine rings is 1. The highest BCUT2D eigenvalue weighted by molar-refractivity contribution is 6.32. The smallest absolute Gasteiger partial charge is 0.255 e. The van der Waals surface area contributed by atoms with Gasteiger partial charge in [-0.3, -0.25) is 29.4 Å². The van der Waals surface area contributed by atoms with Gasteiger partial charge in [-0.15, -0.1) is 0 Å². The normalized spacial score (nSPS) is 19.4. The lowest BCUT2D eigenvalue weighted by Gasteiger charge is -2.29. The Kier molecular flexibility index (Phi) is 8.68. The fraction of sp³-hybridized carbons (Fsp3) is 0.448. The molecule has 2 aromatic rings. The first kappa shape index (κ1) is 28.1. The number of hydrogen-bond donors (Lipinski definition) is 2. The van der Waals surface area contributed by atoms with Gasteiger partial charge in [0.2, 0.25) is 17.7 Å². The highest BCUT2D eigenvalue weighted by atomic mass is 35.5. The van der Waals surface area contributed by atoms with Crippen LogP contribution in [0.3, 0.4) is 0 Å². The molecule has 0 spiro atoms. The first-order chi connectivity index (χ1) is 19.3. The number of anilines is 1. The molecule has 3 aliphatic heterocycles. The molecule has 4 amide bonds. The molecule has 3 heterocycles. The number of nitrogens with one attached hydrogen (secondary N) is 2. The molecule has 10 nitrogen and oxygen atoms in total. The van der Waals surface area contributed by atoms with Gasteiger partial charge in [0.05, 0.1) is 13.2 Å². The Bertz CT molecular complexity index is 1330. The Balaban J connectivity index is 1.15. The second-order valence-corrected chi connectivity index (χ2v) is 10.7. The quantitative estimate of drug-likeness (QED) is 0.447. The summed E-state index contributed by atoms with van der Waals surface area (Å²) in [5, 5.41) is 5.73. The predicted octanol–water partition coefficient (Wildman–Crippen LogP) is 2.69. The van der Waals surface area contributed by atoms with Crippen LogP contribution < -0.4 is 15.4 Å². The zero-order valence-corrected chi connectivity index (χ0v) is 23.2. The molecule has 212 valence electrons. The number of rotatable bonds is 9. The molecule has 11 heteroatoms. The van der Waals surface area contributed by atoms with E-state index in [2.05, 4.69) is 15.5 Å². The van der Waals surface area contributed by atoms with E-state index < -0.39 is 11.9 Å². The molecule has 0 aromatic heterocycles. The molecule has 5 rings (SSSR count). The number of imide groups is 1. The van der Waals surface area contributed by atoms with Crippen molar-refractivity contribution in [1.29, 1.82) is 0 Å². The van der Waals surface area contributed by atoms with Gasteiger partial charge < -0.3 is 19.7 Å². The van der Waals surface area contributed by atoms with Crippen LogP contribution in [0.15, 0.2) is 30.3 Å². The largest absolute Gasteiger partial charge is 0.492 e. The number of hydrogen-bond acceptors (Lipinski definition) is 7. The molecular weight excluding hydrogens is 536 g/mol. The lowest BCUT2D eigenvalue weighted by molar-refractivity contribution is -0.137. The SMILES string of the molecule is Cc1c(Cl)cc(NC(=O)CCc2ccc3c(c2)C(=O)N(C2CCC(=O)NC2=O)C3)cc1OCCN1CCOCC1. The van der Waals surface area contributed by atoms with E-state index in [1.54, 1.807) is 18.2 Å². The van der Waals surface area contributed by atoms with Crippen LogP contribution in [0.2, 0.25) is 5.02 Å². The summed E-state index contributed by atoms with van der Waals surface area (Å²) in [6, 6.07) is 8.40. The Morgan fingerprint density at radius 2 is 1.98 bits per heavy atom. The summed E-state index contributed by atoms with van der Waals surface area (Å²) >= 11 is 6.42. The Morgan fingerprint density at radius 3 is 2.75 bits per heavy atom. The minimum atomic E-state index is -0.651. The van der Waals surface area contributed by atoms with Crippen LogP contribution in [-0.4, -0.2) is 78.9 Å². The molecule has 2 aromatic carbocycles. The monoisotopic (exact) mass is 568 g/mol. The number of halogens is 1. The molecule has 2 saturated heterocycles. The van der Waals surface area contributed by atoms with Gasteiger partial charge in [-0.25, -0.2) is 0 Å². The van der Waals surface area contributed by atoms with Gasteiger partial charge >= 0.3 is 0 Å². The van der Waals surface area contributed by atoms with E-state index in [4.69, 9.17) is 21.1 Å². The number of carbonyl (C=O) groups excluding carboxylic acids is 4. The summed E-state index contributed by atoms with van der Waals surface area (Å²) in [6.45, 7) is 6.73. The molecular formula is C29H33ClN4O6. The average molecular weight is 569 g/mol. The maximum absolute atomic E-state index is 13.1. The van der Waals surface area contributed by atoms with E-state index >= 15 is 0 Å². The molecule has 1 unspecified atom stereocenters. The van der Waals surface area contributed by atoms with E-state index in [0.29, 0.717) is 48.0 Å². The number of ether oxygens (including phenoxy) is 2. The van der Waals surface area contributed by atoms with Crippen molar-refractivity contribution in [3.8, 4) is 5.75 Å². The van der Waals surface area contributed by atoms with Crippen LogP contribution >= 0.6 is 11.6 Å². The summed E-state index contributed by atoms with van der Waals surface area (Å²) in [4.78, 5) is 53.4. The van der Waals surface area contributed by atoms with Crippen molar-refractivity contribution >= 4 is 40.9 Å². The third-order valence-corrected chi connectivity index (χ3v) is 7.98. The average Bonchev–Trinajstić information content (AvgIpc) is 3.26. The van der Waals surface area contributed by atoms with Gasteiger partial charge in [0, 0.05) is 66.9 Å². The van der Waals surface area contributed by atoms with Crippen molar-refractivity contribution in [2.45, 2.75) is 45.2 Å². The summed E-state index contributed by atoms with van der Waals surface area (Å²) < 4.78 is 11.4. The topological polar surface area (TPSA) is 117 Å². The van der Waals surface area contributed by atoms with Gasteiger partial charge in [-0.1, -0.05) is 23.7 Å². The molecule has 2 fully saturated rings. The van der Waals surface area contributed by atoms with Crippen LogP contribution in [0.25, 0.3) is 0 Å². The van der Waals surface area contributed by atoms with Crippen molar-refractivity contribution in [2.75, 3.05) is 44.8 Å². The highest BCUT2D eigenvalue weighted by Crippen LogP contribution is 2.31. The molecule has 2 N–H and O–H groups in total. The number of benzene rings is 2. The predicted molar refractivity (Wildman–Crippen MR) is 148 cm³/mol. The van der Waals surface area contributed by atoms with E-state index in [-0.39, 0.29) is 30.6 Å². The molecule has 0 saturated carbocycles. The summed E-state index contributed by atoms with van der Waals surface area (Å²) in [7, 11) is 0. The van der Waals surface area contributed by atoms with Gasteiger partial charge in [0.1, 0.15) is 18.4 Å². The van der Waals surface area contributed by atoms with Crippen molar-refractivity contribution in [2.24, 2.45) is 0 Å². The number of fused-ring (bicyclic) bond motifs is 1. The molecule has 0 bridgehead atoms. The van der Waals surface area contributed by atoms with Crippen LogP contribution in [0.1, 0.15) is 46.3 Å². The van der Waals surface area contributed by atoms with E-state index in [9.17, 15) is 19.2 Å². The number of nitrogens with zero attached hydrogens (tertiary/aromatic N) is 2. The molecule has 0 aliphatic carbocycles. The van der Waals surface area contributed by atoms with E-state index in [0.717, 1.165) is 49.5 Å². The Labute approximate surface area is 237 Å². The second-order valence-electron chi connectivity index (χ2n) is 10.3. The number of carbonyl (C=O) groups is 4. The van der Waals surface area contributed by atoms with Crippen LogP contribution in [0.4, 0.5) is 5.69 Å². The van der Waals surface area contributed by atoms with Crippen LogP contribution in [0, 0.1) is 6.92 Å². The molecule has 3 aliphatic rings. The number of piperidine rings is 1. The maximum Gasteiger partial charge on any atom is 0.255 e. The van der Waals surface area contributed by atoms with E-state index in [1.165, 1.54) is 4.90 Å². The van der Waals surface area contributed by atoms with Crippen molar-refractivity contribution in [3.63, 3.8) is 0 Å². The van der Waals surface area contributed by atoms with Crippen LogP contribution in [-0.2, 0) is 32.1 Å². The first-order valence-corrected chi connectivity index (χ1v) is 14.0. The standard InChI is InChI=1S/C29H33ClN4O6/c1-18-23(30)15-21(16-25(18)40-13-10-33-8-11-39-12-9-33)31-26(35)6-3-19-2-4-20-17-34(29(38)22(20)14-19)24-5-7-27(36)32-28(24)37/h2,4,14-16,24H,3,5-13,17H2,1H3,(H,31,35)(H,32,36,37). The summed E-state index contributed by atoms with van der Waals surface area (Å²) in [6.07, 6.45) is 1.18. The second kappa shape index (κ2) is 12.4. The zero-order valence-electron chi connectivity index (χ0n) is 22.5. The minimum absolute atomic E-state index is 0.184. The third kappa shape index (κ3) is 6.46. The molecule has 1 atom stereocenters. The van der Waals surface area contributed by atoms with Crippen molar-refractivity contribution in [3.05, 3.63) is 57.6 Å². The Morgan fingerprint density at radius 1 is 1.18 bits per heavy atom. The highest BCUT2D eigenvalue weighted by Gasteiger charge is 2.39. The van der Waals surface area contributed by atoms with Gasteiger partial charge in [-0.05, 0) is 43.0 Å². The zero-order chi connectivity index (χ0) is 28.2. The number of aryl methyl sites for hydroxylation is 1. The minimum Gasteiger partial charge on any atom is -0.492 e. The Hall–Kier alpha value is -3.47. The van der Waals surface area contributed by atoms with Crippen molar-refractivity contribution in [1.82, 2.24) is 15.1 Å². The lowest BCUT2D eigenvalue weighted by atomic mass is 10.0.